The van der Waals surface area contributed by atoms with Crippen LogP contribution in [0.3, 0.4) is 0 Å². The van der Waals surface area contributed by atoms with Crippen LogP contribution in [0.15, 0.2) is 80.2 Å². The van der Waals surface area contributed by atoms with Crippen LogP contribution in [0.4, 0.5) is 11.4 Å². The van der Waals surface area contributed by atoms with Crippen molar-refractivity contribution in [3.05, 3.63) is 104 Å². The van der Waals surface area contributed by atoms with Gasteiger partial charge in [0.1, 0.15) is 0 Å². The average Bonchev–Trinajstić information content (AvgIpc) is 3.26. The van der Waals surface area contributed by atoms with Crippen molar-refractivity contribution in [2.24, 2.45) is 0 Å². The molecule has 9 heteroatoms. The fourth-order valence-electron chi connectivity index (χ4n) is 3.13. The van der Waals surface area contributed by atoms with Gasteiger partial charge in [0, 0.05) is 26.7 Å². The summed E-state index contributed by atoms with van der Waals surface area (Å²) in [5, 5.41) is 4.03. The first-order valence-corrected chi connectivity index (χ1v) is 12.5. The summed E-state index contributed by atoms with van der Waals surface area (Å²) in [5.74, 6) is 1.09. The van der Waals surface area contributed by atoms with Gasteiger partial charge in [0.05, 0.1) is 19.4 Å². The Morgan fingerprint density at radius 1 is 0.886 bits per heavy atom. The zero-order valence-corrected chi connectivity index (χ0v) is 22.4. The smallest absolute Gasteiger partial charge is 0.310 e. The summed E-state index contributed by atoms with van der Waals surface area (Å²) < 4.78 is 11.8. The lowest BCUT2D eigenvalue weighted by molar-refractivity contribution is -0.142. The first kappa shape index (κ1) is 26.4. The van der Waals surface area contributed by atoms with Crippen LogP contribution in [0, 0.1) is 0 Å². The Morgan fingerprint density at radius 3 is 2.14 bits per heavy atom. The molecule has 0 aliphatic carbocycles. The quantitative estimate of drug-likeness (QED) is 0.205. The van der Waals surface area contributed by atoms with Gasteiger partial charge in [-0.1, -0.05) is 47.6 Å². The lowest BCUT2D eigenvalue weighted by atomic mass is 10.1. The number of nitrogens with two attached hydrogens (primary N) is 2. The van der Waals surface area contributed by atoms with Crippen molar-refractivity contribution in [2.75, 3.05) is 18.1 Å². The van der Waals surface area contributed by atoms with Crippen molar-refractivity contribution in [3.63, 3.8) is 0 Å². The molecule has 4 rings (SSSR count). The van der Waals surface area contributed by atoms with Gasteiger partial charge in [-0.05, 0) is 79.7 Å². The van der Waals surface area contributed by atoms with Gasteiger partial charge in [-0.25, -0.2) is 0 Å². The summed E-state index contributed by atoms with van der Waals surface area (Å²) >= 11 is 6.72. The summed E-state index contributed by atoms with van der Waals surface area (Å²) in [6.45, 7) is 2.20. The number of hydrogen-bond acceptors (Lipinski definition) is 7. The van der Waals surface area contributed by atoms with Gasteiger partial charge in [-0.15, -0.1) is 0 Å². The molecule has 3 aromatic carbocycles. The van der Waals surface area contributed by atoms with E-state index in [1.807, 2.05) is 60.7 Å². The van der Waals surface area contributed by atoms with Crippen LogP contribution >= 0.6 is 31.9 Å². The van der Waals surface area contributed by atoms with Gasteiger partial charge in [0.2, 0.25) is 5.89 Å². The maximum Gasteiger partial charge on any atom is 0.310 e. The molecule has 35 heavy (non-hydrogen) atoms. The Kier molecular flexibility index (Phi) is 9.86. The van der Waals surface area contributed by atoms with Crippen molar-refractivity contribution in [1.82, 2.24) is 10.1 Å². The number of ether oxygens (including phenoxy) is 1. The predicted octanol–water partition coefficient (Wildman–Crippen LogP) is 5.73. The number of nitrogen functional groups attached to an aromatic ring is 2. The highest BCUT2D eigenvalue weighted by molar-refractivity contribution is 9.11. The van der Waals surface area contributed by atoms with Crippen molar-refractivity contribution in [3.8, 4) is 0 Å². The molecule has 0 spiro atoms. The molecule has 1 heterocycles. The Labute approximate surface area is 221 Å². The van der Waals surface area contributed by atoms with Gasteiger partial charge in [-0.2, -0.15) is 4.98 Å². The fourth-order valence-corrected chi connectivity index (χ4v) is 3.98. The van der Waals surface area contributed by atoms with Crippen LogP contribution < -0.4 is 11.5 Å². The lowest BCUT2D eigenvalue weighted by Crippen LogP contribution is -2.07. The summed E-state index contributed by atoms with van der Waals surface area (Å²) in [5.41, 5.74) is 15.9. The third-order valence-corrected chi connectivity index (χ3v) is 6.23. The summed E-state index contributed by atoms with van der Waals surface area (Å²) in [4.78, 5) is 15.6. The highest BCUT2D eigenvalue weighted by Gasteiger charge is 2.09. The summed E-state index contributed by atoms with van der Waals surface area (Å²) in [7, 11) is 0. The largest absolute Gasteiger partial charge is 0.466 e. The molecule has 4 N–H and O–H groups in total. The first-order chi connectivity index (χ1) is 16.8. The van der Waals surface area contributed by atoms with E-state index in [1.165, 1.54) is 5.56 Å². The van der Waals surface area contributed by atoms with Crippen LogP contribution in [-0.4, -0.2) is 22.7 Å². The number of aromatic nitrogens is 2. The molecule has 1 aromatic heterocycles. The number of hydrogen-bond donors (Lipinski definition) is 2. The van der Waals surface area contributed by atoms with E-state index >= 15 is 0 Å². The average molecular weight is 602 g/mol. The van der Waals surface area contributed by atoms with Crippen molar-refractivity contribution in [2.45, 2.75) is 26.2 Å². The maximum absolute atomic E-state index is 11.1. The number of rotatable bonds is 7. The number of esters is 1. The number of anilines is 2. The van der Waals surface area contributed by atoms with Crippen molar-refractivity contribution < 1.29 is 14.1 Å². The minimum atomic E-state index is -0.218. The van der Waals surface area contributed by atoms with Gasteiger partial charge in [0.25, 0.3) is 0 Å². The van der Waals surface area contributed by atoms with E-state index in [1.54, 1.807) is 13.0 Å². The molecule has 0 radical (unpaired) electrons. The van der Waals surface area contributed by atoms with Gasteiger partial charge in [0.15, 0.2) is 5.82 Å². The molecule has 0 atom stereocenters. The molecule has 0 saturated carbocycles. The zero-order chi connectivity index (χ0) is 25.2. The Balaban J connectivity index is 0.000000214. The van der Waals surface area contributed by atoms with E-state index in [0.29, 0.717) is 42.5 Å². The van der Waals surface area contributed by atoms with Crippen LogP contribution in [0.2, 0.25) is 0 Å². The molecule has 0 aliphatic heterocycles. The first-order valence-electron chi connectivity index (χ1n) is 10.9. The molecular weight excluding hydrogens is 576 g/mol. The topological polar surface area (TPSA) is 117 Å². The van der Waals surface area contributed by atoms with Gasteiger partial charge < -0.3 is 20.7 Å². The molecule has 7 nitrogen and oxygen atoms in total. The number of benzene rings is 3. The molecule has 0 bridgehead atoms. The number of carbonyl (C=O) groups is 1. The molecule has 0 aliphatic rings. The minimum absolute atomic E-state index is 0.218. The minimum Gasteiger partial charge on any atom is -0.466 e. The van der Waals surface area contributed by atoms with Crippen molar-refractivity contribution in [1.29, 1.82) is 0 Å². The van der Waals surface area contributed by atoms with E-state index in [4.69, 9.17) is 20.7 Å². The second-order valence-electron chi connectivity index (χ2n) is 7.64. The third-order valence-electron chi connectivity index (χ3n) is 4.85. The second-order valence-corrected chi connectivity index (χ2v) is 9.35. The van der Waals surface area contributed by atoms with Crippen LogP contribution in [0.5, 0.6) is 0 Å². The van der Waals surface area contributed by atoms with Crippen molar-refractivity contribution >= 4 is 49.2 Å². The molecule has 0 fully saturated rings. The molecule has 0 saturated heterocycles. The molecule has 0 amide bonds. The molecule has 0 unspecified atom stereocenters. The van der Waals surface area contributed by atoms with Crippen LogP contribution in [-0.2, 0) is 28.8 Å². The number of carbonyl (C=O) groups excluding carboxylic acids is 1. The van der Waals surface area contributed by atoms with Crippen LogP contribution in [0.1, 0.15) is 35.3 Å². The van der Waals surface area contributed by atoms with E-state index < -0.39 is 0 Å². The molecule has 4 aromatic rings. The van der Waals surface area contributed by atoms with E-state index in [9.17, 15) is 4.79 Å². The maximum atomic E-state index is 11.1. The Hall–Kier alpha value is -3.17. The number of halogens is 2. The second kappa shape index (κ2) is 13.1. The molecular formula is C26H26Br2N4O3. The van der Waals surface area contributed by atoms with Gasteiger partial charge in [-0.3, -0.25) is 4.79 Å². The summed E-state index contributed by atoms with van der Waals surface area (Å²) in [6.07, 6.45) is 1.56. The fraction of sp³-hybridized carbons (Fsp3) is 0.192. The number of nitrogens with zero attached hydrogens (tertiary/aromatic N) is 2. The Bertz CT molecular complexity index is 1260. The normalized spacial score (nSPS) is 10.4. The third kappa shape index (κ3) is 8.52. The van der Waals surface area contributed by atoms with E-state index in [2.05, 4.69) is 42.0 Å². The standard InChI is InChI=1S/C16H14BrN3O.C10H12BrNO2/c17-13-8-12(6-7-14(13)18)10-16-19-15(20-21-16)9-11-4-2-1-3-5-11;1-2-14-10(13)6-7-3-4-9(12)8(11)5-7/h1-8H,9-10,18H2;3-5H,2,6,12H2,1H3. The molecule has 182 valence electrons. The van der Waals surface area contributed by atoms with Gasteiger partial charge >= 0.3 is 5.97 Å². The predicted molar refractivity (Wildman–Crippen MR) is 144 cm³/mol. The highest BCUT2D eigenvalue weighted by Crippen LogP contribution is 2.22. The van der Waals surface area contributed by atoms with E-state index in [0.717, 1.165) is 20.1 Å². The Morgan fingerprint density at radius 2 is 1.51 bits per heavy atom. The SMILES string of the molecule is CCOC(=O)Cc1ccc(N)c(Br)c1.Nc1ccc(Cc2nc(Cc3ccccc3)no2)cc1Br. The van der Waals surface area contributed by atoms with E-state index in [-0.39, 0.29) is 12.4 Å². The van der Waals surface area contributed by atoms with Crippen LogP contribution in [0.25, 0.3) is 0 Å². The monoisotopic (exact) mass is 600 g/mol. The lowest BCUT2D eigenvalue weighted by Gasteiger charge is -2.03. The highest BCUT2D eigenvalue weighted by atomic mass is 79.9. The summed E-state index contributed by atoms with van der Waals surface area (Å²) in [6, 6.07) is 21.3. The zero-order valence-electron chi connectivity index (χ0n) is 19.2.